The Kier molecular flexibility index (Phi) is 5.55. The highest BCUT2D eigenvalue weighted by Crippen LogP contribution is 2.35. The lowest BCUT2D eigenvalue weighted by Gasteiger charge is -2.11. The average Bonchev–Trinajstić information content (AvgIpc) is 3.36. The van der Waals surface area contributed by atoms with Crippen molar-refractivity contribution in [3.63, 3.8) is 0 Å². The number of amides is 2. The summed E-state index contributed by atoms with van der Waals surface area (Å²) in [7, 11) is 0. The van der Waals surface area contributed by atoms with Crippen molar-refractivity contribution < 1.29 is 14.3 Å². The number of hydrogen-bond donors (Lipinski definition) is 2. The van der Waals surface area contributed by atoms with E-state index in [1.165, 1.54) is 11.3 Å². The minimum atomic E-state index is -0.438. The first-order chi connectivity index (χ1) is 14.1. The molecule has 0 aliphatic rings. The van der Waals surface area contributed by atoms with Gasteiger partial charge in [0, 0.05) is 0 Å². The predicted octanol–water partition coefficient (Wildman–Crippen LogP) is 4.53. The van der Waals surface area contributed by atoms with E-state index in [2.05, 4.69) is 10.3 Å². The van der Waals surface area contributed by atoms with Gasteiger partial charge in [-0.05, 0) is 36.4 Å². The van der Waals surface area contributed by atoms with Crippen molar-refractivity contribution in [1.29, 1.82) is 0 Å². The minimum Gasteiger partial charge on any atom is -0.491 e. The van der Waals surface area contributed by atoms with E-state index in [1.54, 1.807) is 41.7 Å². The fraction of sp³-hybridized carbons (Fsp3) is 0.0952. The molecule has 2 aromatic heterocycles. The summed E-state index contributed by atoms with van der Waals surface area (Å²) >= 11 is 2.99. The van der Waals surface area contributed by atoms with Crippen LogP contribution in [0.1, 0.15) is 16.1 Å². The normalized spacial score (nSPS) is 10.8. The second-order valence-electron chi connectivity index (χ2n) is 6.17. The Morgan fingerprint density at radius 2 is 1.79 bits per heavy atom. The van der Waals surface area contributed by atoms with Gasteiger partial charge in [-0.15, -0.1) is 22.7 Å². The van der Waals surface area contributed by atoms with Gasteiger partial charge < -0.3 is 15.8 Å². The van der Waals surface area contributed by atoms with Gasteiger partial charge in [-0.2, -0.15) is 0 Å². The summed E-state index contributed by atoms with van der Waals surface area (Å²) in [4.78, 5) is 29.8. The fourth-order valence-corrected chi connectivity index (χ4v) is 4.62. The molecule has 0 spiro atoms. The summed E-state index contributed by atoms with van der Waals surface area (Å²) in [5, 5.41) is 3.76. The van der Waals surface area contributed by atoms with Crippen molar-refractivity contribution in [2.45, 2.75) is 6.42 Å². The monoisotopic (exact) mass is 423 g/mol. The first-order valence-electron chi connectivity index (χ1n) is 8.87. The molecule has 0 saturated heterocycles. The zero-order valence-electron chi connectivity index (χ0n) is 15.3. The lowest BCUT2D eigenvalue weighted by atomic mass is 10.3. The van der Waals surface area contributed by atoms with E-state index in [-0.39, 0.29) is 18.9 Å². The van der Waals surface area contributed by atoms with Crippen molar-refractivity contribution >= 4 is 50.4 Å². The van der Waals surface area contributed by atoms with Gasteiger partial charge >= 0.3 is 0 Å². The summed E-state index contributed by atoms with van der Waals surface area (Å²) < 4.78 is 6.69. The quantitative estimate of drug-likeness (QED) is 0.457. The maximum absolute atomic E-state index is 12.7. The number of fused-ring (bicyclic) bond motifs is 1. The predicted molar refractivity (Wildman–Crippen MR) is 117 cm³/mol. The number of nitrogens with two attached hydrogens (primary N) is 1. The molecule has 0 saturated carbocycles. The summed E-state index contributed by atoms with van der Waals surface area (Å²) in [6.45, 7) is 0.156. The van der Waals surface area contributed by atoms with Gasteiger partial charge in [-0.3, -0.25) is 9.59 Å². The third-order valence-electron chi connectivity index (χ3n) is 4.08. The van der Waals surface area contributed by atoms with Crippen LogP contribution in [0.2, 0.25) is 0 Å². The van der Waals surface area contributed by atoms with Gasteiger partial charge in [0.15, 0.2) is 0 Å². The Bertz CT molecular complexity index is 1150. The summed E-state index contributed by atoms with van der Waals surface area (Å²) in [6, 6.07) is 18.7. The van der Waals surface area contributed by atoms with E-state index < -0.39 is 5.91 Å². The van der Waals surface area contributed by atoms with E-state index in [0.29, 0.717) is 16.3 Å². The molecule has 29 heavy (non-hydrogen) atoms. The van der Waals surface area contributed by atoms with Crippen LogP contribution in [0.4, 0.5) is 5.69 Å². The van der Waals surface area contributed by atoms with Crippen molar-refractivity contribution in [2.24, 2.45) is 5.73 Å². The first-order valence-corrected chi connectivity index (χ1v) is 10.5. The second kappa shape index (κ2) is 8.42. The van der Waals surface area contributed by atoms with E-state index in [0.717, 1.165) is 20.1 Å². The second-order valence-corrected chi connectivity index (χ2v) is 8.28. The number of nitrogens with one attached hydrogen (secondary N) is 1. The number of ether oxygens (including phenoxy) is 1. The third kappa shape index (κ3) is 4.44. The molecule has 2 heterocycles. The third-order valence-corrected chi connectivity index (χ3v) is 6.37. The zero-order valence-corrected chi connectivity index (χ0v) is 16.9. The summed E-state index contributed by atoms with van der Waals surface area (Å²) in [6.07, 6.45) is 0.110. The number of carbonyl (C=O) groups is 2. The average molecular weight is 424 g/mol. The SMILES string of the molecule is NC(=O)CCOc1ccccc1NC(=O)c1ccc(-c2nc3ccccc3s2)s1. The Balaban J connectivity index is 1.49. The van der Waals surface area contributed by atoms with Crippen molar-refractivity contribution in [1.82, 2.24) is 4.98 Å². The van der Waals surface area contributed by atoms with Crippen LogP contribution in [0.3, 0.4) is 0 Å². The number of thiophene rings is 1. The number of benzene rings is 2. The maximum Gasteiger partial charge on any atom is 0.265 e. The highest BCUT2D eigenvalue weighted by atomic mass is 32.1. The molecule has 0 aliphatic carbocycles. The van der Waals surface area contributed by atoms with Crippen LogP contribution in [0, 0.1) is 0 Å². The molecule has 0 aliphatic heterocycles. The van der Waals surface area contributed by atoms with Crippen molar-refractivity contribution in [2.75, 3.05) is 11.9 Å². The van der Waals surface area contributed by atoms with Gasteiger partial charge in [-0.25, -0.2) is 4.98 Å². The van der Waals surface area contributed by atoms with Gasteiger partial charge in [0.1, 0.15) is 10.8 Å². The van der Waals surface area contributed by atoms with E-state index in [9.17, 15) is 9.59 Å². The molecule has 146 valence electrons. The highest BCUT2D eigenvalue weighted by molar-refractivity contribution is 7.26. The highest BCUT2D eigenvalue weighted by Gasteiger charge is 2.15. The first kappa shape index (κ1) is 19.1. The summed E-state index contributed by atoms with van der Waals surface area (Å²) in [5.41, 5.74) is 6.63. The number of para-hydroxylation sites is 3. The lowest BCUT2D eigenvalue weighted by Crippen LogP contribution is -2.15. The Hall–Kier alpha value is -3.23. The smallest absolute Gasteiger partial charge is 0.265 e. The van der Waals surface area contributed by atoms with Crippen LogP contribution in [0.25, 0.3) is 20.1 Å². The van der Waals surface area contributed by atoms with Gasteiger partial charge in [0.2, 0.25) is 5.91 Å². The fourth-order valence-electron chi connectivity index (χ4n) is 2.69. The lowest BCUT2D eigenvalue weighted by molar-refractivity contribution is -0.118. The molecule has 3 N–H and O–H groups in total. The van der Waals surface area contributed by atoms with Crippen LogP contribution in [-0.4, -0.2) is 23.4 Å². The van der Waals surface area contributed by atoms with Crippen LogP contribution in [0.15, 0.2) is 60.7 Å². The molecule has 0 unspecified atom stereocenters. The molecular formula is C21H17N3O3S2. The molecule has 2 amide bonds. The number of rotatable bonds is 7. The Morgan fingerprint density at radius 3 is 2.62 bits per heavy atom. The Morgan fingerprint density at radius 1 is 1.00 bits per heavy atom. The van der Waals surface area contributed by atoms with Gasteiger partial charge in [0.05, 0.1) is 38.7 Å². The van der Waals surface area contributed by atoms with Crippen LogP contribution >= 0.6 is 22.7 Å². The maximum atomic E-state index is 12.7. The number of thiazole rings is 1. The van der Waals surface area contributed by atoms with E-state index in [1.807, 2.05) is 30.3 Å². The van der Waals surface area contributed by atoms with Crippen molar-refractivity contribution in [3.05, 3.63) is 65.5 Å². The summed E-state index contributed by atoms with van der Waals surface area (Å²) in [5.74, 6) is -0.175. The van der Waals surface area contributed by atoms with Gasteiger partial charge in [-0.1, -0.05) is 24.3 Å². The number of nitrogens with zero attached hydrogens (tertiary/aromatic N) is 1. The topological polar surface area (TPSA) is 94.3 Å². The van der Waals surface area contributed by atoms with E-state index in [4.69, 9.17) is 10.5 Å². The van der Waals surface area contributed by atoms with Crippen LogP contribution in [-0.2, 0) is 4.79 Å². The molecule has 4 aromatic rings. The minimum absolute atomic E-state index is 0.110. The Labute approximate surface area is 175 Å². The largest absolute Gasteiger partial charge is 0.491 e. The molecule has 8 heteroatoms. The number of anilines is 1. The molecule has 0 bridgehead atoms. The van der Waals surface area contributed by atoms with E-state index >= 15 is 0 Å². The zero-order chi connectivity index (χ0) is 20.2. The molecule has 6 nitrogen and oxygen atoms in total. The number of primary amides is 1. The number of carbonyl (C=O) groups excluding carboxylic acids is 2. The molecule has 0 atom stereocenters. The molecular weight excluding hydrogens is 406 g/mol. The number of aromatic nitrogens is 1. The molecule has 0 fully saturated rings. The van der Waals surface area contributed by atoms with Crippen LogP contribution in [0.5, 0.6) is 5.75 Å². The molecule has 0 radical (unpaired) electrons. The van der Waals surface area contributed by atoms with Gasteiger partial charge in [0.25, 0.3) is 5.91 Å². The standard InChI is InChI=1S/C21H17N3O3S2/c22-19(25)11-12-27-15-7-3-1-5-13(15)23-20(26)17-9-10-18(28-17)21-24-14-6-2-4-8-16(14)29-21/h1-10H,11-12H2,(H2,22,25)(H,23,26). The number of hydrogen-bond acceptors (Lipinski definition) is 6. The van der Waals surface area contributed by atoms with Crippen LogP contribution < -0.4 is 15.8 Å². The van der Waals surface area contributed by atoms with Crippen molar-refractivity contribution in [3.8, 4) is 15.6 Å². The molecule has 2 aromatic carbocycles. The molecule has 4 rings (SSSR count).